The minimum Gasteiger partial charge on any atom is -0.384 e. The third-order valence-corrected chi connectivity index (χ3v) is 18.6. The second-order valence-electron chi connectivity index (χ2n) is 8.68. The van der Waals surface area contributed by atoms with Gasteiger partial charge in [0.15, 0.2) is 13.3 Å². The Labute approximate surface area is 162 Å². The van der Waals surface area contributed by atoms with Crippen molar-refractivity contribution in [2.45, 2.75) is 83.3 Å². The van der Waals surface area contributed by atoms with Crippen LogP contribution in [0.4, 0.5) is 0 Å². The van der Waals surface area contributed by atoms with Crippen LogP contribution in [0.2, 0.25) is 18.1 Å². The monoisotopic (exact) mass is 488 g/mol. The maximum absolute atomic E-state index is 13.5. The number of rotatable bonds is 5. The van der Waals surface area contributed by atoms with Gasteiger partial charge in [-0.3, -0.25) is 14.0 Å². The normalized spacial score (nSPS) is 15.4. The summed E-state index contributed by atoms with van der Waals surface area (Å²) in [5.41, 5.74) is -0.457. The summed E-state index contributed by atoms with van der Waals surface area (Å²) in [4.78, 5) is 0. The zero-order valence-corrected chi connectivity index (χ0v) is 20.3. The summed E-state index contributed by atoms with van der Waals surface area (Å²) < 4.78 is 17.1. The second-order valence-corrected chi connectivity index (χ2v) is 18.9. The molecule has 1 rings (SSSR count). The van der Waals surface area contributed by atoms with Gasteiger partial charge in [0.05, 0.1) is 5.69 Å². The largest absolute Gasteiger partial charge is 0.384 e. The summed E-state index contributed by atoms with van der Waals surface area (Å²) in [6.07, 6.45) is 0. The van der Waals surface area contributed by atoms with Gasteiger partial charge in [0.1, 0.15) is 5.60 Å². The van der Waals surface area contributed by atoms with Crippen molar-refractivity contribution >= 4 is 41.4 Å². The van der Waals surface area contributed by atoms with Gasteiger partial charge in [-0.25, -0.2) is 0 Å². The fraction of sp³-hybridized carbons (Fsp3) is 0.800. The van der Waals surface area contributed by atoms with Crippen molar-refractivity contribution in [3.05, 3.63) is 11.8 Å². The van der Waals surface area contributed by atoms with Gasteiger partial charge in [0.2, 0.25) is 0 Å². The van der Waals surface area contributed by atoms with Gasteiger partial charge in [0, 0.05) is 39.2 Å². The summed E-state index contributed by atoms with van der Waals surface area (Å²) in [6, 6.07) is 1.73. The van der Waals surface area contributed by atoms with Crippen molar-refractivity contribution in [2.75, 3.05) is 0 Å². The summed E-state index contributed by atoms with van der Waals surface area (Å²) in [5.74, 6) is 0. The fourth-order valence-electron chi connectivity index (χ4n) is 2.13. The van der Waals surface area contributed by atoms with E-state index >= 15 is 0 Å². The Kier molecular flexibility index (Phi) is 6.23. The molecule has 0 aliphatic carbocycles. The molecule has 0 aliphatic rings. The SMILES string of the molecule is CC(C)n1nc([SH](N)(=O)N(I)[Si](C)(C)C(C)(C)C)cc1C(C)(C)O. The van der Waals surface area contributed by atoms with E-state index < -0.39 is 24.1 Å². The predicted octanol–water partition coefficient (Wildman–Crippen LogP) is 3.51. The molecular formula is C15H33IN4O2SSi. The Morgan fingerprint density at radius 2 is 1.79 bits per heavy atom. The minimum atomic E-state index is -3.33. The van der Waals surface area contributed by atoms with Gasteiger partial charge in [-0.1, -0.05) is 33.9 Å². The predicted molar refractivity (Wildman–Crippen MR) is 113 cm³/mol. The van der Waals surface area contributed by atoms with Crippen LogP contribution in [-0.4, -0.2) is 29.5 Å². The number of aromatic nitrogens is 2. The first-order valence-electron chi connectivity index (χ1n) is 8.12. The summed E-state index contributed by atoms with van der Waals surface area (Å²) in [7, 11) is -5.42. The molecule has 1 heterocycles. The molecule has 3 N–H and O–H groups in total. The summed E-state index contributed by atoms with van der Waals surface area (Å²) >= 11 is 2.11. The molecule has 0 saturated heterocycles. The number of nitrogens with zero attached hydrogens (tertiary/aromatic N) is 3. The first-order chi connectivity index (χ1) is 10.4. The molecule has 0 atom stereocenters. The molecular weight excluding hydrogens is 455 g/mol. The van der Waals surface area contributed by atoms with Crippen LogP contribution >= 0.6 is 22.9 Å². The van der Waals surface area contributed by atoms with Crippen LogP contribution in [0.25, 0.3) is 0 Å². The average molecular weight is 489 g/mol. The van der Waals surface area contributed by atoms with Crippen molar-refractivity contribution in [1.29, 1.82) is 0 Å². The van der Waals surface area contributed by atoms with E-state index in [1.54, 1.807) is 24.6 Å². The number of aliphatic hydroxyl groups is 1. The first kappa shape index (κ1) is 22.2. The Bertz CT molecular complexity index is 647. The average Bonchev–Trinajstić information content (AvgIpc) is 2.81. The van der Waals surface area contributed by atoms with E-state index in [0.29, 0.717) is 10.7 Å². The van der Waals surface area contributed by atoms with Crippen LogP contribution in [0.1, 0.15) is 60.2 Å². The smallest absolute Gasteiger partial charge is 0.155 e. The Balaban J connectivity index is 3.47. The molecule has 1 aromatic rings. The zero-order valence-electron chi connectivity index (χ0n) is 16.3. The second kappa shape index (κ2) is 6.73. The van der Waals surface area contributed by atoms with Crippen LogP contribution in [0, 0.1) is 0 Å². The summed E-state index contributed by atoms with van der Waals surface area (Å²) in [6.45, 7) is 18.1. The molecule has 0 fully saturated rings. The molecule has 0 aromatic carbocycles. The lowest BCUT2D eigenvalue weighted by Gasteiger charge is -2.45. The Hall–Kier alpha value is 0.187. The molecule has 142 valence electrons. The van der Waals surface area contributed by atoms with E-state index in [1.807, 2.05) is 16.0 Å². The molecule has 0 amide bonds. The Morgan fingerprint density at radius 1 is 1.33 bits per heavy atom. The molecule has 0 saturated carbocycles. The van der Waals surface area contributed by atoms with Crippen LogP contribution in [-0.2, 0) is 15.9 Å². The Morgan fingerprint density at radius 3 is 2.08 bits per heavy atom. The zero-order chi connectivity index (χ0) is 19.3. The van der Waals surface area contributed by atoms with Crippen molar-refractivity contribution < 1.29 is 9.32 Å². The van der Waals surface area contributed by atoms with Gasteiger partial charge < -0.3 is 5.11 Å². The van der Waals surface area contributed by atoms with Gasteiger partial charge in [0.25, 0.3) is 0 Å². The van der Waals surface area contributed by atoms with E-state index in [1.165, 1.54) is 0 Å². The third-order valence-electron chi connectivity index (χ3n) is 4.72. The molecule has 0 spiro atoms. The number of thiol groups is 1. The standard InChI is InChI=1S/C15H33IN4O2SSi/c1-11(2)19-12(15(6,7)21)10-13(18-19)23(17,22)20(16)24(8,9)14(3,4)5/h10-11,21,23H,1-9H3,(H2,17,22). The lowest BCUT2D eigenvalue weighted by Crippen LogP contribution is -2.57. The molecule has 1 aromatic heterocycles. The maximum atomic E-state index is 13.5. The van der Waals surface area contributed by atoms with E-state index in [-0.39, 0.29) is 11.1 Å². The van der Waals surface area contributed by atoms with E-state index in [9.17, 15) is 9.32 Å². The highest BCUT2D eigenvalue weighted by atomic mass is 127. The molecule has 0 bridgehead atoms. The van der Waals surface area contributed by atoms with Crippen LogP contribution < -0.4 is 5.14 Å². The van der Waals surface area contributed by atoms with Gasteiger partial charge in [-0.05, 0) is 38.8 Å². The molecule has 9 heteroatoms. The van der Waals surface area contributed by atoms with Crippen LogP contribution in [0.5, 0.6) is 0 Å². The van der Waals surface area contributed by atoms with E-state index in [2.05, 4.69) is 61.8 Å². The molecule has 0 unspecified atom stereocenters. The van der Waals surface area contributed by atoms with Crippen molar-refractivity contribution in [1.82, 2.24) is 12.0 Å². The lowest BCUT2D eigenvalue weighted by atomic mass is 10.1. The number of hydrogen-bond donors (Lipinski definition) is 3. The van der Waals surface area contributed by atoms with Crippen LogP contribution in [0.3, 0.4) is 0 Å². The number of nitrogens with two attached hydrogens (primary N) is 1. The number of halogens is 1. The highest BCUT2D eigenvalue weighted by molar-refractivity contribution is 14.1. The topological polar surface area (TPSA) is 84.4 Å². The van der Waals surface area contributed by atoms with Crippen LogP contribution in [0.15, 0.2) is 11.1 Å². The van der Waals surface area contributed by atoms with Gasteiger partial charge >= 0.3 is 0 Å². The maximum Gasteiger partial charge on any atom is 0.155 e. The van der Waals surface area contributed by atoms with E-state index in [4.69, 9.17) is 5.14 Å². The molecule has 24 heavy (non-hydrogen) atoms. The third kappa shape index (κ3) is 4.12. The van der Waals surface area contributed by atoms with Crippen molar-refractivity contribution in [2.24, 2.45) is 5.14 Å². The van der Waals surface area contributed by atoms with Crippen molar-refractivity contribution in [3.63, 3.8) is 0 Å². The molecule has 0 radical (unpaired) electrons. The molecule has 0 aliphatic heterocycles. The fourth-order valence-corrected chi connectivity index (χ4v) is 10.4. The highest BCUT2D eigenvalue weighted by Gasteiger charge is 2.46. The first-order valence-corrected chi connectivity index (χ1v) is 13.8. The minimum absolute atomic E-state index is 0.00289. The summed E-state index contributed by atoms with van der Waals surface area (Å²) in [5, 5.41) is 21.6. The van der Waals surface area contributed by atoms with Crippen molar-refractivity contribution in [3.8, 4) is 0 Å². The molecule has 6 nitrogen and oxygen atoms in total. The van der Waals surface area contributed by atoms with E-state index in [0.717, 1.165) is 0 Å². The quantitative estimate of drug-likeness (QED) is 0.257. The number of hydrogen-bond acceptors (Lipinski definition) is 3. The highest BCUT2D eigenvalue weighted by Crippen LogP contribution is 2.43. The van der Waals surface area contributed by atoms with Gasteiger partial charge in [-0.2, -0.15) is 7.28 Å². The lowest BCUT2D eigenvalue weighted by molar-refractivity contribution is 0.0669. The van der Waals surface area contributed by atoms with Gasteiger partial charge in [-0.15, -0.1) is 0 Å².